The lowest BCUT2D eigenvalue weighted by Crippen LogP contribution is -2.11. The summed E-state index contributed by atoms with van der Waals surface area (Å²) in [6.45, 7) is 8.33. The molecule has 0 unspecified atom stereocenters. The first-order valence-electron chi connectivity index (χ1n) is 5.83. The average molecular weight is 229 g/mol. The molecule has 0 aliphatic rings. The molecule has 0 saturated heterocycles. The van der Waals surface area contributed by atoms with Crippen LogP contribution in [-0.4, -0.2) is 5.11 Å². The van der Waals surface area contributed by atoms with Crippen molar-refractivity contribution < 1.29 is 5.11 Å². The average Bonchev–Trinajstić information content (AvgIpc) is 2.24. The molecule has 0 fully saturated rings. The Morgan fingerprint density at radius 1 is 1.12 bits per heavy atom. The van der Waals surface area contributed by atoms with Crippen LogP contribution in [0.25, 0.3) is 10.8 Å². The summed E-state index contributed by atoms with van der Waals surface area (Å²) in [4.78, 5) is 0. The van der Waals surface area contributed by atoms with Gasteiger partial charge in [-0.1, -0.05) is 39.0 Å². The third-order valence-electron chi connectivity index (χ3n) is 3.26. The van der Waals surface area contributed by atoms with Gasteiger partial charge in [-0.25, -0.2) is 0 Å². The summed E-state index contributed by atoms with van der Waals surface area (Å²) in [5, 5.41) is 12.1. The van der Waals surface area contributed by atoms with Crippen LogP contribution in [-0.2, 0) is 5.41 Å². The van der Waals surface area contributed by atoms with E-state index in [0.29, 0.717) is 11.4 Å². The zero-order valence-corrected chi connectivity index (χ0v) is 10.8. The zero-order valence-electron chi connectivity index (χ0n) is 10.8. The monoisotopic (exact) mass is 229 g/mol. The summed E-state index contributed by atoms with van der Waals surface area (Å²) in [6, 6.07) is 7.98. The first kappa shape index (κ1) is 11.8. The van der Waals surface area contributed by atoms with Gasteiger partial charge < -0.3 is 10.8 Å². The number of phenols is 1. The lowest BCUT2D eigenvalue weighted by Gasteiger charge is -2.22. The SMILES string of the molecule is Cc1c(N)cc2c(C(C)(C)C)cccc2c1O. The van der Waals surface area contributed by atoms with E-state index in [0.717, 1.165) is 16.3 Å². The molecular weight excluding hydrogens is 210 g/mol. The highest BCUT2D eigenvalue weighted by Gasteiger charge is 2.18. The smallest absolute Gasteiger partial charge is 0.128 e. The van der Waals surface area contributed by atoms with Crippen LogP contribution in [0.5, 0.6) is 5.75 Å². The summed E-state index contributed by atoms with van der Waals surface area (Å²) in [6.07, 6.45) is 0. The first-order valence-corrected chi connectivity index (χ1v) is 5.83. The second kappa shape index (κ2) is 3.66. The molecule has 2 aromatic carbocycles. The number of aromatic hydroxyl groups is 1. The Balaban J connectivity index is 2.92. The van der Waals surface area contributed by atoms with Gasteiger partial charge in [0, 0.05) is 16.6 Å². The number of hydrogen-bond donors (Lipinski definition) is 2. The molecule has 0 radical (unpaired) electrons. The molecule has 0 spiro atoms. The van der Waals surface area contributed by atoms with Crippen molar-refractivity contribution >= 4 is 16.5 Å². The topological polar surface area (TPSA) is 46.2 Å². The molecule has 0 aliphatic heterocycles. The van der Waals surface area contributed by atoms with Crippen LogP contribution < -0.4 is 5.73 Å². The van der Waals surface area contributed by atoms with Crippen molar-refractivity contribution in [2.24, 2.45) is 0 Å². The molecule has 3 N–H and O–H groups in total. The van der Waals surface area contributed by atoms with E-state index in [1.165, 1.54) is 5.56 Å². The molecule has 2 aromatic rings. The van der Waals surface area contributed by atoms with E-state index < -0.39 is 0 Å². The molecule has 90 valence electrons. The minimum absolute atomic E-state index is 0.0354. The summed E-state index contributed by atoms with van der Waals surface area (Å²) in [5.74, 6) is 0.297. The number of hydrogen-bond acceptors (Lipinski definition) is 2. The zero-order chi connectivity index (χ0) is 12.8. The largest absolute Gasteiger partial charge is 0.507 e. The summed E-state index contributed by atoms with van der Waals surface area (Å²) >= 11 is 0. The summed E-state index contributed by atoms with van der Waals surface area (Å²) in [5.41, 5.74) is 8.58. The quantitative estimate of drug-likeness (QED) is 0.676. The minimum Gasteiger partial charge on any atom is -0.507 e. The van der Waals surface area contributed by atoms with E-state index in [1.54, 1.807) is 0 Å². The predicted octanol–water partition coefficient (Wildman–Crippen LogP) is 3.73. The number of anilines is 1. The third kappa shape index (κ3) is 1.84. The fourth-order valence-electron chi connectivity index (χ4n) is 2.18. The fraction of sp³-hybridized carbons (Fsp3) is 0.333. The van der Waals surface area contributed by atoms with Gasteiger partial charge in [0.25, 0.3) is 0 Å². The Kier molecular flexibility index (Phi) is 2.53. The van der Waals surface area contributed by atoms with E-state index in [1.807, 2.05) is 25.1 Å². The molecule has 17 heavy (non-hydrogen) atoms. The lowest BCUT2D eigenvalue weighted by molar-refractivity contribution is 0.478. The first-order chi connectivity index (χ1) is 7.82. The number of nitrogen functional groups attached to an aromatic ring is 1. The van der Waals surface area contributed by atoms with Crippen LogP contribution in [0.2, 0.25) is 0 Å². The van der Waals surface area contributed by atoms with Gasteiger partial charge in [-0.05, 0) is 29.4 Å². The molecular formula is C15H19NO. The summed E-state index contributed by atoms with van der Waals surface area (Å²) in [7, 11) is 0. The van der Waals surface area contributed by atoms with Crippen molar-refractivity contribution in [2.75, 3.05) is 5.73 Å². The molecule has 0 aliphatic carbocycles. The molecule has 0 bridgehead atoms. The Morgan fingerprint density at radius 2 is 1.76 bits per heavy atom. The van der Waals surface area contributed by atoms with E-state index in [4.69, 9.17) is 5.73 Å². The lowest BCUT2D eigenvalue weighted by atomic mass is 9.83. The Hall–Kier alpha value is -1.70. The van der Waals surface area contributed by atoms with Gasteiger partial charge in [0.2, 0.25) is 0 Å². The van der Waals surface area contributed by atoms with E-state index in [-0.39, 0.29) is 5.41 Å². The van der Waals surface area contributed by atoms with Crippen molar-refractivity contribution in [3.63, 3.8) is 0 Å². The highest BCUT2D eigenvalue weighted by molar-refractivity contribution is 5.95. The molecule has 0 amide bonds. The number of fused-ring (bicyclic) bond motifs is 1. The van der Waals surface area contributed by atoms with Crippen LogP contribution in [0.4, 0.5) is 5.69 Å². The maximum absolute atomic E-state index is 10.1. The number of phenolic OH excluding ortho intramolecular Hbond substituents is 1. The second-order valence-corrected chi connectivity index (χ2v) is 5.59. The van der Waals surface area contributed by atoms with Gasteiger partial charge in [0.05, 0.1) is 0 Å². The number of benzene rings is 2. The van der Waals surface area contributed by atoms with Crippen LogP contribution in [0.3, 0.4) is 0 Å². The van der Waals surface area contributed by atoms with Gasteiger partial charge in [-0.15, -0.1) is 0 Å². The maximum Gasteiger partial charge on any atom is 0.128 e. The predicted molar refractivity (Wildman–Crippen MR) is 73.5 cm³/mol. The van der Waals surface area contributed by atoms with Gasteiger partial charge in [0.15, 0.2) is 0 Å². The second-order valence-electron chi connectivity index (χ2n) is 5.59. The fourth-order valence-corrected chi connectivity index (χ4v) is 2.18. The molecule has 2 heteroatoms. The molecule has 2 rings (SSSR count). The van der Waals surface area contributed by atoms with Crippen LogP contribution >= 0.6 is 0 Å². The maximum atomic E-state index is 10.1. The highest BCUT2D eigenvalue weighted by Crippen LogP contribution is 2.37. The van der Waals surface area contributed by atoms with Crippen LogP contribution in [0, 0.1) is 6.92 Å². The van der Waals surface area contributed by atoms with Crippen molar-refractivity contribution in [1.29, 1.82) is 0 Å². The normalized spacial score (nSPS) is 12.0. The van der Waals surface area contributed by atoms with Crippen molar-refractivity contribution in [1.82, 2.24) is 0 Å². The van der Waals surface area contributed by atoms with Gasteiger partial charge in [-0.3, -0.25) is 0 Å². The van der Waals surface area contributed by atoms with Gasteiger partial charge in [0.1, 0.15) is 5.75 Å². The summed E-state index contributed by atoms with van der Waals surface area (Å²) < 4.78 is 0. The van der Waals surface area contributed by atoms with E-state index in [2.05, 4.69) is 26.8 Å². The molecule has 0 atom stereocenters. The van der Waals surface area contributed by atoms with Gasteiger partial charge >= 0.3 is 0 Å². The van der Waals surface area contributed by atoms with Crippen molar-refractivity contribution in [2.45, 2.75) is 33.1 Å². The minimum atomic E-state index is 0.0354. The third-order valence-corrected chi connectivity index (χ3v) is 3.26. The number of rotatable bonds is 0. The Morgan fingerprint density at radius 3 is 2.35 bits per heavy atom. The Labute approximate surface area is 102 Å². The molecule has 0 aromatic heterocycles. The standard InChI is InChI=1S/C15H19NO/c1-9-13(16)8-11-10(14(9)17)6-5-7-12(11)15(2,3)4/h5-8,17H,16H2,1-4H3. The van der Waals surface area contributed by atoms with Crippen LogP contribution in [0.15, 0.2) is 24.3 Å². The van der Waals surface area contributed by atoms with E-state index >= 15 is 0 Å². The Bertz CT molecular complexity index is 579. The van der Waals surface area contributed by atoms with Crippen molar-refractivity contribution in [3.8, 4) is 5.75 Å². The van der Waals surface area contributed by atoms with Gasteiger partial charge in [-0.2, -0.15) is 0 Å². The molecule has 2 nitrogen and oxygen atoms in total. The molecule has 0 heterocycles. The molecule has 0 saturated carbocycles. The van der Waals surface area contributed by atoms with Crippen molar-refractivity contribution in [3.05, 3.63) is 35.4 Å². The van der Waals surface area contributed by atoms with E-state index in [9.17, 15) is 5.11 Å². The highest BCUT2D eigenvalue weighted by atomic mass is 16.3. The van der Waals surface area contributed by atoms with Crippen LogP contribution in [0.1, 0.15) is 31.9 Å². The number of nitrogens with two attached hydrogens (primary N) is 1.